The molecular formula is C20H16O4. The van der Waals surface area contributed by atoms with Crippen LogP contribution in [0.2, 0.25) is 0 Å². The molecule has 0 bridgehead atoms. The number of carbonyl (C=O) groups excluding carboxylic acids is 1. The Morgan fingerprint density at radius 1 is 0.875 bits per heavy atom. The van der Waals surface area contributed by atoms with E-state index in [0.717, 1.165) is 11.1 Å². The largest absolute Gasteiger partial charge is 0.493 e. The molecule has 0 aliphatic rings. The van der Waals surface area contributed by atoms with E-state index in [2.05, 4.69) is 0 Å². The van der Waals surface area contributed by atoms with Crippen LogP contribution in [0.3, 0.4) is 0 Å². The second kappa shape index (κ2) is 6.96. The predicted molar refractivity (Wildman–Crippen MR) is 91.6 cm³/mol. The van der Waals surface area contributed by atoms with Crippen LogP contribution in [0, 0.1) is 0 Å². The van der Waals surface area contributed by atoms with Crippen LogP contribution in [0.25, 0.3) is 10.8 Å². The highest BCUT2D eigenvalue weighted by Crippen LogP contribution is 2.24. The summed E-state index contributed by atoms with van der Waals surface area (Å²) >= 11 is 0. The lowest BCUT2D eigenvalue weighted by Crippen LogP contribution is -2.16. The minimum atomic E-state index is -1.45. The number of Topliss-reactive ketones (excluding diaryl/α,β-unsaturated/α-hetero) is 1. The van der Waals surface area contributed by atoms with Gasteiger partial charge < -0.3 is 9.84 Å². The van der Waals surface area contributed by atoms with Crippen molar-refractivity contribution in [3.63, 3.8) is 0 Å². The normalized spacial score (nSPS) is 10.5. The van der Waals surface area contributed by atoms with Gasteiger partial charge in [-0.3, -0.25) is 4.79 Å². The molecule has 0 saturated heterocycles. The zero-order valence-corrected chi connectivity index (χ0v) is 12.9. The first kappa shape index (κ1) is 15.7. The second-order valence-corrected chi connectivity index (χ2v) is 5.37. The van der Waals surface area contributed by atoms with E-state index in [1.54, 1.807) is 18.2 Å². The molecule has 3 rings (SSSR count). The fraction of sp³-hybridized carbons (Fsp3) is 0.100. The summed E-state index contributed by atoms with van der Waals surface area (Å²) in [5.41, 5.74) is 0.925. The minimum Gasteiger partial charge on any atom is -0.493 e. The Morgan fingerprint density at radius 2 is 1.58 bits per heavy atom. The summed E-state index contributed by atoms with van der Waals surface area (Å²) in [5.74, 6) is -1.59. The van der Waals surface area contributed by atoms with Crippen molar-refractivity contribution >= 4 is 22.5 Å². The van der Waals surface area contributed by atoms with Crippen molar-refractivity contribution in [1.29, 1.82) is 0 Å². The highest BCUT2D eigenvalue weighted by atomic mass is 16.5. The molecule has 0 radical (unpaired) electrons. The quantitative estimate of drug-likeness (QED) is 0.555. The van der Waals surface area contributed by atoms with E-state index in [-0.39, 0.29) is 5.56 Å². The van der Waals surface area contributed by atoms with Crippen molar-refractivity contribution in [3.05, 3.63) is 77.9 Å². The van der Waals surface area contributed by atoms with E-state index in [1.165, 1.54) is 0 Å². The van der Waals surface area contributed by atoms with E-state index in [4.69, 9.17) is 9.84 Å². The Labute approximate surface area is 139 Å². The fourth-order valence-electron chi connectivity index (χ4n) is 2.70. The highest BCUT2D eigenvalue weighted by molar-refractivity contribution is 6.42. The van der Waals surface area contributed by atoms with E-state index < -0.39 is 11.8 Å². The smallest absolute Gasteiger partial charge is 0.377 e. The third-order valence-electron chi connectivity index (χ3n) is 3.82. The molecule has 4 heteroatoms. The molecule has 1 N–H and O–H groups in total. The monoisotopic (exact) mass is 320 g/mol. The lowest BCUT2D eigenvalue weighted by molar-refractivity contribution is -0.131. The molecule has 3 aromatic rings. The second-order valence-electron chi connectivity index (χ2n) is 5.37. The lowest BCUT2D eigenvalue weighted by atomic mass is 9.94. The summed E-state index contributed by atoms with van der Waals surface area (Å²) in [7, 11) is 0. The number of rotatable bonds is 6. The van der Waals surface area contributed by atoms with Gasteiger partial charge in [-0.25, -0.2) is 4.79 Å². The Morgan fingerprint density at radius 3 is 2.33 bits per heavy atom. The summed E-state index contributed by atoms with van der Waals surface area (Å²) in [5, 5.41) is 10.6. The van der Waals surface area contributed by atoms with Crippen molar-refractivity contribution in [2.24, 2.45) is 0 Å². The Bertz CT molecular complexity index is 885. The van der Waals surface area contributed by atoms with Crippen molar-refractivity contribution in [2.45, 2.75) is 6.42 Å². The van der Waals surface area contributed by atoms with Crippen molar-refractivity contribution in [1.82, 2.24) is 0 Å². The van der Waals surface area contributed by atoms with Gasteiger partial charge in [-0.15, -0.1) is 0 Å². The standard InChI is InChI=1S/C20H16O4/c21-19(20(22)23)18-15(11-10-14-6-4-5-9-17(14)18)12-13-24-16-7-2-1-3-8-16/h1-11H,12-13H2,(H,22,23). The van der Waals surface area contributed by atoms with E-state index in [9.17, 15) is 9.59 Å². The first-order chi connectivity index (χ1) is 11.7. The highest BCUT2D eigenvalue weighted by Gasteiger charge is 2.21. The van der Waals surface area contributed by atoms with Gasteiger partial charge in [-0.1, -0.05) is 54.6 Å². The van der Waals surface area contributed by atoms with Crippen molar-refractivity contribution in [3.8, 4) is 5.75 Å². The van der Waals surface area contributed by atoms with Gasteiger partial charge in [0.1, 0.15) is 5.75 Å². The summed E-state index contributed by atoms with van der Waals surface area (Å²) in [4.78, 5) is 23.4. The SMILES string of the molecule is O=C(O)C(=O)c1c(CCOc2ccccc2)ccc2ccccc12. The number of carboxylic acid groups (broad SMARTS) is 1. The van der Waals surface area contributed by atoms with E-state index in [0.29, 0.717) is 24.0 Å². The van der Waals surface area contributed by atoms with Crippen LogP contribution in [0.5, 0.6) is 5.75 Å². The Kier molecular flexibility index (Phi) is 4.57. The van der Waals surface area contributed by atoms with Crippen LogP contribution in [-0.4, -0.2) is 23.5 Å². The van der Waals surface area contributed by atoms with Crippen LogP contribution in [0.1, 0.15) is 15.9 Å². The molecule has 3 aromatic carbocycles. The molecule has 120 valence electrons. The number of ketones is 1. The zero-order valence-electron chi connectivity index (χ0n) is 12.9. The molecule has 0 atom stereocenters. The third-order valence-corrected chi connectivity index (χ3v) is 3.82. The van der Waals surface area contributed by atoms with Gasteiger partial charge in [0.25, 0.3) is 5.78 Å². The number of benzene rings is 3. The van der Waals surface area contributed by atoms with Crippen LogP contribution >= 0.6 is 0 Å². The Hall–Kier alpha value is -3.14. The van der Waals surface area contributed by atoms with Gasteiger partial charge in [0.05, 0.1) is 6.61 Å². The summed E-state index contributed by atoms with van der Waals surface area (Å²) in [6.07, 6.45) is 0.452. The summed E-state index contributed by atoms with van der Waals surface area (Å²) in [6, 6.07) is 20.3. The molecule has 0 aromatic heterocycles. The lowest BCUT2D eigenvalue weighted by Gasteiger charge is -2.12. The van der Waals surface area contributed by atoms with E-state index in [1.807, 2.05) is 48.5 Å². The van der Waals surface area contributed by atoms with Gasteiger partial charge >= 0.3 is 5.97 Å². The number of para-hydroxylation sites is 1. The molecule has 0 saturated carbocycles. The van der Waals surface area contributed by atoms with Crippen LogP contribution in [0.4, 0.5) is 0 Å². The maximum absolute atomic E-state index is 12.2. The molecule has 0 amide bonds. The fourth-order valence-corrected chi connectivity index (χ4v) is 2.70. The first-order valence-electron chi connectivity index (χ1n) is 7.63. The molecule has 0 aliphatic carbocycles. The number of carbonyl (C=O) groups is 2. The van der Waals surface area contributed by atoms with Gasteiger partial charge in [-0.2, -0.15) is 0 Å². The average Bonchev–Trinajstić information content (AvgIpc) is 2.61. The number of hydrogen-bond acceptors (Lipinski definition) is 3. The van der Waals surface area contributed by atoms with Gasteiger partial charge in [0.15, 0.2) is 0 Å². The third kappa shape index (κ3) is 3.27. The zero-order chi connectivity index (χ0) is 16.9. The van der Waals surface area contributed by atoms with Gasteiger partial charge in [-0.05, 0) is 28.5 Å². The summed E-state index contributed by atoms with van der Waals surface area (Å²) in [6.45, 7) is 0.363. The molecule has 0 unspecified atom stereocenters. The van der Waals surface area contributed by atoms with Crippen LogP contribution < -0.4 is 4.74 Å². The molecule has 0 spiro atoms. The molecule has 0 heterocycles. The number of hydrogen-bond donors (Lipinski definition) is 1. The molecule has 4 nitrogen and oxygen atoms in total. The minimum absolute atomic E-state index is 0.247. The Balaban J connectivity index is 1.90. The van der Waals surface area contributed by atoms with Crippen molar-refractivity contribution < 1.29 is 19.4 Å². The van der Waals surface area contributed by atoms with Crippen LogP contribution in [-0.2, 0) is 11.2 Å². The van der Waals surface area contributed by atoms with Crippen LogP contribution in [0.15, 0.2) is 66.7 Å². The molecule has 24 heavy (non-hydrogen) atoms. The van der Waals surface area contributed by atoms with E-state index >= 15 is 0 Å². The topological polar surface area (TPSA) is 63.6 Å². The predicted octanol–water partition coefficient (Wildman–Crippen LogP) is 3.73. The van der Waals surface area contributed by atoms with Gasteiger partial charge in [0.2, 0.25) is 0 Å². The van der Waals surface area contributed by atoms with Gasteiger partial charge in [0, 0.05) is 12.0 Å². The van der Waals surface area contributed by atoms with Crippen molar-refractivity contribution in [2.75, 3.05) is 6.61 Å². The summed E-state index contributed by atoms with van der Waals surface area (Å²) < 4.78 is 5.66. The molecular weight excluding hydrogens is 304 g/mol. The molecule has 0 aliphatic heterocycles. The molecule has 0 fully saturated rings. The number of carboxylic acids is 1. The number of aliphatic carboxylic acids is 1. The number of ether oxygens (including phenoxy) is 1. The average molecular weight is 320 g/mol. The first-order valence-corrected chi connectivity index (χ1v) is 7.63. The number of fused-ring (bicyclic) bond motifs is 1. The maximum atomic E-state index is 12.2. The maximum Gasteiger partial charge on any atom is 0.377 e.